The monoisotopic (exact) mass is 401 g/mol. The highest BCUT2D eigenvalue weighted by Crippen LogP contribution is 2.29. The molecule has 0 unspecified atom stereocenters. The molecule has 2 rings (SSSR count). The van der Waals surface area contributed by atoms with Crippen LogP contribution < -0.4 is 5.32 Å². The summed E-state index contributed by atoms with van der Waals surface area (Å²) < 4.78 is 4.99. The van der Waals surface area contributed by atoms with Gasteiger partial charge in [-0.25, -0.2) is 0 Å². The summed E-state index contributed by atoms with van der Waals surface area (Å²) in [5, 5.41) is 2.89. The summed E-state index contributed by atoms with van der Waals surface area (Å²) in [5.74, 6) is -1.80. The van der Waals surface area contributed by atoms with Crippen molar-refractivity contribution < 1.29 is 14.3 Å². The summed E-state index contributed by atoms with van der Waals surface area (Å²) in [6, 6.07) is 7.47. The van der Waals surface area contributed by atoms with Gasteiger partial charge in [0, 0.05) is 5.69 Å². The SMILES string of the molecule is Cc1ccc(NC(=O)[C@H]2CC=CC[C@@H]2C(=O)OCC(Cl)=C(Cl)Cl)cc1. The number of halogens is 3. The number of esters is 1. The molecule has 25 heavy (non-hydrogen) atoms. The molecule has 1 aromatic carbocycles. The predicted octanol–water partition coefficient (Wildman–Crippen LogP) is 4.94. The van der Waals surface area contributed by atoms with E-state index in [1.54, 1.807) is 0 Å². The van der Waals surface area contributed by atoms with Gasteiger partial charge >= 0.3 is 5.97 Å². The third kappa shape index (κ3) is 5.77. The quantitative estimate of drug-likeness (QED) is 0.560. The lowest BCUT2D eigenvalue weighted by molar-refractivity contribution is -0.151. The van der Waals surface area contributed by atoms with E-state index in [0.717, 1.165) is 5.56 Å². The van der Waals surface area contributed by atoms with Crippen LogP contribution in [0.5, 0.6) is 0 Å². The van der Waals surface area contributed by atoms with Crippen molar-refractivity contribution in [2.45, 2.75) is 19.8 Å². The number of nitrogens with one attached hydrogen (secondary N) is 1. The molecule has 2 atom stereocenters. The molecule has 0 bridgehead atoms. The number of carbonyl (C=O) groups is 2. The number of carbonyl (C=O) groups excluding carboxylic acids is 2. The van der Waals surface area contributed by atoms with Crippen LogP contribution in [0.2, 0.25) is 0 Å². The molecule has 7 heteroatoms. The summed E-state index contributed by atoms with van der Waals surface area (Å²) in [6.45, 7) is 1.76. The first-order valence-corrected chi connectivity index (χ1v) is 8.90. The van der Waals surface area contributed by atoms with Gasteiger partial charge in [0.1, 0.15) is 11.1 Å². The molecule has 1 amide bonds. The first-order valence-electron chi connectivity index (χ1n) is 7.77. The molecule has 134 valence electrons. The van der Waals surface area contributed by atoms with Gasteiger partial charge in [-0.2, -0.15) is 0 Å². The average molecular weight is 403 g/mol. The molecule has 1 N–H and O–H groups in total. The Morgan fingerprint density at radius 3 is 2.28 bits per heavy atom. The normalized spacial score (nSPS) is 19.2. The Balaban J connectivity index is 2.03. The smallest absolute Gasteiger partial charge is 0.310 e. The minimum Gasteiger partial charge on any atom is -0.460 e. The molecule has 4 nitrogen and oxygen atoms in total. The van der Waals surface area contributed by atoms with Crippen molar-refractivity contribution in [3.8, 4) is 0 Å². The van der Waals surface area contributed by atoms with E-state index in [9.17, 15) is 9.59 Å². The Hall–Kier alpha value is -1.49. The highest BCUT2D eigenvalue weighted by molar-refractivity contribution is 6.59. The second-order valence-electron chi connectivity index (χ2n) is 5.78. The zero-order valence-electron chi connectivity index (χ0n) is 13.6. The molecular weight excluding hydrogens is 385 g/mol. The van der Waals surface area contributed by atoms with Crippen LogP contribution in [-0.4, -0.2) is 18.5 Å². The van der Waals surface area contributed by atoms with Crippen LogP contribution in [0.1, 0.15) is 18.4 Å². The largest absolute Gasteiger partial charge is 0.460 e. The fourth-order valence-electron chi connectivity index (χ4n) is 2.53. The van der Waals surface area contributed by atoms with Crippen LogP contribution in [0.25, 0.3) is 0 Å². The van der Waals surface area contributed by atoms with Crippen molar-refractivity contribution in [2.75, 3.05) is 11.9 Å². The number of aryl methyl sites for hydroxylation is 1. The molecule has 0 spiro atoms. The minimum absolute atomic E-state index is 0.0451. The molecule has 1 aliphatic rings. The van der Waals surface area contributed by atoms with Gasteiger partial charge in [0.15, 0.2) is 0 Å². The Kier molecular flexibility index (Phi) is 7.36. The number of ether oxygens (including phenoxy) is 1. The summed E-state index contributed by atoms with van der Waals surface area (Å²) in [4.78, 5) is 24.9. The average Bonchev–Trinajstić information content (AvgIpc) is 2.61. The number of amides is 1. The second kappa shape index (κ2) is 9.27. The zero-order chi connectivity index (χ0) is 18.4. The Morgan fingerprint density at radius 2 is 1.68 bits per heavy atom. The maximum absolute atomic E-state index is 12.6. The number of hydrogen-bond donors (Lipinski definition) is 1. The zero-order valence-corrected chi connectivity index (χ0v) is 15.9. The van der Waals surface area contributed by atoms with E-state index in [4.69, 9.17) is 39.5 Å². The standard InChI is InChI=1S/C18H18Cl3NO3/c1-11-6-8-12(9-7-11)22-17(23)13-4-2-3-5-14(13)18(24)25-10-15(19)16(20)21/h2-3,6-9,13-14H,4-5,10H2,1H3,(H,22,23)/t13-,14-/m0/s1. The molecular formula is C18H18Cl3NO3. The molecule has 1 aliphatic carbocycles. The predicted molar refractivity (Wildman–Crippen MR) is 101 cm³/mol. The Labute approximate surface area is 161 Å². The number of benzene rings is 1. The van der Waals surface area contributed by atoms with E-state index in [-0.39, 0.29) is 22.0 Å². The second-order valence-corrected chi connectivity index (χ2v) is 7.19. The van der Waals surface area contributed by atoms with E-state index < -0.39 is 17.8 Å². The lowest BCUT2D eigenvalue weighted by atomic mass is 9.82. The van der Waals surface area contributed by atoms with E-state index in [1.165, 1.54) is 0 Å². The highest BCUT2D eigenvalue weighted by atomic mass is 35.5. The molecule has 0 radical (unpaired) electrons. The van der Waals surface area contributed by atoms with Crippen LogP contribution in [0.3, 0.4) is 0 Å². The van der Waals surface area contributed by atoms with Crippen molar-refractivity contribution in [2.24, 2.45) is 11.8 Å². The van der Waals surface area contributed by atoms with Crippen molar-refractivity contribution in [3.05, 3.63) is 51.5 Å². The van der Waals surface area contributed by atoms with Gasteiger partial charge in [0.2, 0.25) is 5.91 Å². The van der Waals surface area contributed by atoms with Gasteiger partial charge in [0.25, 0.3) is 0 Å². The first-order chi connectivity index (χ1) is 11.9. The van der Waals surface area contributed by atoms with Crippen molar-refractivity contribution >= 4 is 52.4 Å². The van der Waals surface area contributed by atoms with Crippen LogP contribution >= 0.6 is 34.8 Å². The molecule has 0 saturated heterocycles. The van der Waals surface area contributed by atoms with E-state index in [0.29, 0.717) is 18.5 Å². The molecule has 0 aromatic heterocycles. The lowest BCUT2D eigenvalue weighted by Crippen LogP contribution is -2.36. The van der Waals surface area contributed by atoms with Crippen molar-refractivity contribution in [1.82, 2.24) is 0 Å². The lowest BCUT2D eigenvalue weighted by Gasteiger charge is -2.26. The van der Waals surface area contributed by atoms with Gasteiger partial charge in [-0.1, -0.05) is 64.7 Å². The highest BCUT2D eigenvalue weighted by Gasteiger charge is 2.35. The fraction of sp³-hybridized carbons (Fsp3) is 0.333. The van der Waals surface area contributed by atoms with Gasteiger partial charge in [0.05, 0.1) is 16.9 Å². The summed E-state index contributed by atoms with van der Waals surface area (Å²) in [6.07, 6.45) is 4.66. The number of allylic oxidation sites excluding steroid dienone is 2. The van der Waals surface area contributed by atoms with Crippen molar-refractivity contribution in [1.29, 1.82) is 0 Å². The molecule has 0 heterocycles. The summed E-state index contributed by atoms with van der Waals surface area (Å²) in [7, 11) is 0. The maximum Gasteiger partial charge on any atom is 0.310 e. The van der Waals surface area contributed by atoms with E-state index >= 15 is 0 Å². The minimum atomic E-state index is -0.575. The topological polar surface area (TPSA) is 55.4 Å². The fourth-order valence-corrected chi connectivity index (χ4v) is 2.70. The molecule has 0 fully saturated rings. The van der Waals surface area contributed by atoms with Gasteiger partial charge in [-0.15, -0.1) is 0 Å². The number of rotatable bonds is 5. The molecule has 1 aromatic rings. The molecule has 0 aliphatic heterocycles. The first kappa shape index (κ1) is 19.8. The summed E-state index contributed by atoms with van der Waals surface area (Å²) >= 11 is 16.8. The summed E-state index contributed by atoms with van der Waals surface area (Å²) in [5.41, 5.74) is 1.79. The van der Waals surface area contributed by atoms with Crippen LogP contribution in [0.15, 0.2) is 45.9 Å². The van der Waals surface area contributed by atoms with Gasteiger partial charge in [-0.3, -0.25) is 9.59 Å². The third-order valence-electron chi connectivity index (χ3n) is 3.94. The van der Waals surface area contributed by atoms with E-state index in [2.05, 4.69) is 5.32 Å². The number of anilines is 1. The van der Waals surface area contributed by atoms with Crippen LogP contribution in [0, 0.1) is 18.8 Å². The van der Waals surface area contributed by atoms with E-state index in [1.807, 2.05) is 43.3 Å². The van der Waals surface area contributed by atoms with Gasteiger partial charge in [-0.05, 0) is 31.9 Å². The molecule has 0 saturated carbocycles. The Bertz CT molecular complexity index is 694. The maximum atomic E-state index is 12.6. The number of hydrogen-bond acceptors (Lipinski definition) is 3. The van der Waals surface area contributed by atoms with Crippen molar-refractivity contribution in [3.63, 3.8) is 0 Å². The van der Waals surface area contributed by atoms with Crippen LogP contribution in [0.4, 0.5) is 5.69 Å². The van der Waals surface area contributed by atoms with Crippen LogP contribution in [-0.2, 0) is 14.3 Å². The Morgan fingerprint density at radius 1 is 1.08 bits per heavy atom. The van der Waals surface area contributed by atoms with Gasteiger partial charge < -0.3 is 10.1 Å². The third-order valence-corrected chi connectivity index (χ3v) is 4.89.